The van der Waals surface area contributed by atoms with E-state index in [0.29, 0.717) is 5.92 Å². The van der Waals surface area contributed by atoms with E-state index in [4.69, 9.17) is 12.2 Å². The summed E-state index contributed by atoms with van der Waals surface area (Å²) in [6.07, 6.45) is 10.8. The van der Waals surface area contributed by atoms with Gasteiger partial charge in [0.1, 0.15) is 0 Å². The van der Waals surface area contributed by atoms with Crippen molar-refractivity contribution < 1.29 is 0 Å². The van der Waals surface area contributed by atoms with Crippen LogP contribution in [0.3, 0.4) is 0 Å². The Morgan fingerprint density at radius 2 is 2.53 bits per heavy atom. The minimum Gasteiger partial charge on any atom is -0.327 e. The molecule has 0 aliphatic heterocycles. The van der Waals surface area contributed by atoms with Crippen LogP contribution in [0.2, 0.25) is 0 Å². The summed E-state index contributed by atoms with van der Waals surface area (Å²) < 4.78 is 0. The van der Waals surface area contributed by atoms with Crippen molar-refractivity contribution >= 4 is 11.3 Å². The predicted octanol–water partition coefficient (Wildman–Crippen LogP) is 2.91. The van der Waals surface area contributed by atoms with Crippen molar-refractivity contribution in [3.05, 3.63) is 21.9 Å². The molecule has 15 heavy (non-hydrogen) atoms. The van der Waals surface area contributed by atoms with Gasteiger partial charge in [0.15, 0.2) is 0 Å². The van der Waals surface area contributed by atoms with Gasteiger partial charge in [0, 0.05) is 23.3 Å². The summed E-state index contributed by atoms with van der Waals surface area (Å²) in [5.74, 6) is 3.23. The molecule has 0 aromatic carbocycles. The van der Waals surface area contributed by atoms with Crippen molar-refractivity contribution in [1.29, 1.82) is 0 Å². The van der Waals surface area contributed by atoms with E-state index in [1.165, 1.54) is 24.8 Å². The molecule has 2 heteroatoms. The van der Waals surface area contributed by atoms with Gasteiger partial charge in [-0.2, -0.15) is 0 Å². The van der Waals surface area contributed by atoms with E-state index in [1.807, 2.05) is 11.3 Å². The lowest BCUT2D eigenvalue weighted by Crippen LogP contribution is -2.30. The molecular formula is C13H17NS. The Labute approximate surface area is 95.7 Å². The number of hydrogen-bond acceptors (Lipinski definition) is 2. The van der Waals surface area contributed by atoms with Crippen molar-refractivity contribution in [2.24, 2.45) is 5.73 Å². The number of rotatable bonds is 3. The molecule has 2 N–H and O–H groups in total. The molecule has 0 saturated carbocycles. The van der Waals surface area contributed by atoms with Gasteiger partial charge in [-0.15, -0.1) is 23.7 Å². The van der Waals surface area contributed by atoms with Crippen LogP contribution in [-0.4, -0.2) is 6.04 Å². The van der Waals surface area contributed by atoms with E-state index >= 15 is 0 Å². The summed E-state index contributed by atoms with van der Waals surface area (Å²) in [5.41, 5.74) is 7.71. The van der Waals surface area contributed by atoms with Gasteiger partial charge in [-0.1, -0.05) is 0 Å². The smallest absolute Gasteiger partial charge is 0.0117 e. The van der Waals surface area contributed by atoms with Gasteiger partial charge < -0.3 is 5.73 Å². The zero-order valence-corrected chi connectivity index (χ0v) is 9.72. The second-order valence-corrected chi connectivity index (χ2v) is 5.21. The minimum atomic E-state index is 0.245. The standard InChI is InChI=1S/C13H17NS/c1-2-3-6-12(14)10-5-4-7-13-11(10)8-9-15-13/h1,8-10,12H,3-7,14H2. The Hall–Kier alpha value is -0.780. The molecule has 80 valence electrons. The van der Waals surface area contributed by atoms with Crippen molar-refractivity contribution in [3.63, 3.8) is 0 Å². The first-order valence-electron chi connectivity index (χ1n) is 5.58. The summed E-state index contributed by atoms with van der Waals surface area (Å²) in [4.78, 5) is 1.54. The van der Waals surface area contributed by atoms with E-state index in [1.54, 1.807) is 4.88 Å². The highest BCUT2D eigenvalue weighted by Crippen LogP contribution is 2.37. The third-order valence-electron chi connectivity index (χ3n) is 3.24. The quantitative estimate of drug-likeness (QED) is 0.777. The number of fused-ring (bicyclic) bond motifs is 1. The molecule has 1 aromatic rings. The molecule has 1 aromatic heterocycles. The molecule has 1 aliphatic rings. The average molecular weight is 219 g/mol. The van der Waals surface area contributed by atoms with Crippen LogP contribution in [0.15, 0.2) is 11.4 Å². The Morgan fingerprint density at radius 1 is 1.67 bits per heavy atom. The lowest BCUT2D eigenvalue weighted by Gasteiger charge is -2.27. The maximum atomic E-state index is 6.22. The van der Waals surface area contributed by atoms with E-state index in [-0.39, 0.29) is 6.04 Å². The maximum Gasteiger partial charge on any atom is 0.0117 e. The van der Waals surface area contributed by atoms with Crippen molar-refractivity contribution in [3.8, 4) is 12.3 Å². The van der Waals surface area contributed by atoms with E-state index in [2.05, 4.69) is 17.4 Å². The number of nitrogens with two attached hydrogens (primary N) is 1. The second kappa shape index (κ2) is 4.83. The second-order valence-electron chi connectivity index (χ2n) is 4.20. The van der Waals surface area contributed by atoms with Crippen LogP contribution in [0.25, 0.3) is 0 Å². The van der Waals surface area contributed by atoms with Crippen molar-refractivity contribution in [1.82, 2.24) is 0 Å². The van der Waals surface area contributed by atoms with Gasteiger partial charge in [-0.05, 0) is 42.7 Å². The summed E-state index contributed by atoms with van der Waals surface area (Å²) in [7, 11) is 0. The fourth-order valence-corrected chi connectivity index (χ4v) is 3.41. The van der Waals surface area contributed by atoms with Crippen LogP contribution < -0.4 is 5.73 Å². The summed E-state index contributed by atoms with van der Waals surface area (Å²) >= 11 is 1.87. The lowest BCUT2D eigenvalue weighted by molar-refractivity contribution is 0.449. The fourth-order valence-electron chi connectivity index (χ4n) is 2.42. The molecule has 2 atom stereocenters. The Kier molecular flexibility index (Phi) is 3.45. The number of hydrogen-bond donors (Lipinski definition) is 1. The molecule has 1 nitrogen and oxygen atoms in total. The van der Waals surface area contributed by atoms with Crippen LogP contribution in [-0.2, 0) is 6.42 Å². The first kappa shape index (κ1) is 10.7. The molecule has 2 unspecified atom stereocenters. The van der Waals surface area contributed by atoms with Crippen LogP contribution in [0.1, 0.15) is 42.0 Å². The molecule has 0 bridgehead atoms. The molecule has 2 rings (SSSR count). The monoisotopic (exact) mass is 219 g/mol. The van der Waals surface area contributed by atoms with E-state index < -0.39 is 0 Å². The third-order valence-corrected chi connectivity index (χ3v) is 4.23. The van der Waals surface area contributed by atoms with Gasteiger partial charge >= 0.3 is 0 Å². The Bertz CT molecular complexity index is 361. The normalized spacial score (nSPS) is 21.7. The van der Waals surface area contributed by atoms with Crippen LogP contribution in [0.5, 0.6) is 0 Å². The van der Waals surface area contributed by atoms with E-state index in [0.717, 1.165) is 12.8 Å². The lowest BCUT2D eigenvalue weighted by atomic mass is 9.81. The number of aryl methyl sites for hydroxylation is 1. The zero-order valence-electron chi connectivity index (χ0n) is 8.91. The molecule has 0 amide bonds. The maximum absolute atomic E-state index is 6.22. The highest BCUT2D eigenvalue weighted by molar-refractivity contribution is 7.10. The minimum absolute atomic E-state index is 0.245. The van der Waals surface area contributed by atoms with Crippen LogP contribution in [0, 0.1) is 12.3 Å². The molecule has 1 heterocycles. The van der Waals surface area contributed by atoms with Gasteiger partial charge in [-0.25, -0.2) is 0 Å². The summed E-state index contributed by atoms with van der Waals surface area (Å²) in [6.45, 7) is 0. The molecule has 0 saturated heterocycles. The van der Waals surface area contributed by atoms with Gasteiger partial charge in [0.05, 0.1) is 0 Å². The Balaban J connectivity index is 2.09. The highest BCUT2D eigenvalue weighted by atomic mass is 32.1. The SMILES string of the molecule is C#CCCC(N)C1CCCc2sccc21. The molecule has 0 radical (unpaired) electrons. The van der Waals surface area contributed by atoms with Crippen LogP contribution >= 0.6 is 11.3 Å². The summed E-state index contributed by atoms with van der Waals surface area (Å²) in [5, 5.41) is 2.19. The molecule has 0 spiro atoms. The topological polar surface area (TPSA) is 26.0 Å². The van der Waals surface area contributed by atoms with Gasteiger partial charge in [0.2, 0.25) is 0 Å². The first-order chi connectivity index (χ1) is 7.33. The molecular weight excluding hydrogens is 202 g/mol. The number of thiophene rings is 1. The van der Waals surface area contributed by atoms with E-state index in [9.17, 15) is 0 Å². The largest absolute Gasteiger partial charge is 0.327 e. The predicted molar refractivity (Wildman–Crippen MR) is 66.0 cm³/mol. The molecule has 1 aliphatic carbocycles. The van der Waals surface area contributed by atoms with Crippen molar-refractivity contribution in [2.45, 2.75) is 44.1 Å². The van der Waals surface area contributed by atoms with Gasteiger partial charge in [0.25, 0.3) is 0 Å². The summed E-state index contributed by atoms with van der Waals surface area (Å²) in [6, 6.07) is 2.49. The highest BCUT2D eigenvalue weighted by Gasteiger charge is 2.25. The van der Waals surface area contributed by atoms with Crippen molar-refractivity contribution in [2.75, 3.05) is 0 Å². The van der Waals surface area contributed by atoms with Gasteiger partial charge in [-0.3, -0.25) is 0 Å². The Morgan fingerprint density at radius 3 is 3.33 bits per heavy atom. The number of terminal acetylenes is 1. The first-order valence-corrected chi connectivity index (χ1v) is 6.46. The molecule has 0 fully saturated rings. The fraction of sp³-hybridized carbons (Fsp3) is 0.538. The zero-order chi connectivity index (χ0) is 10.7. The van der Waals surface area contributed by atoms with Crippen LogP contribution in [0.4, 0.5) is 0 Å². The third kappa shape index (κ3) is 2.25. The average Bonchev–Trinajstić information content (AvgIpc) is 2.73.